The molecule has 86 valence electrons. The first-order valence-electron chi connectivity index (χ1n) is 5.35. The van der Waals surface area contributed by atoms with Crippen molar-refractivity contribution in [3.63, 3.8) is 0 Å². The Bertz CT molecular complexity index is 420. The molecule has 2 aromatic rings. The Kier molecular flexibility index (Phi) is 3.36. The van der Waals surface area contributed by atoms with Crippen LogP contribution < -0.4 is 5.32 Å². The summed E-state index contributed by atoms with van der Waals surface area (Å²) < 4.78 is 10.6. The summed E-state index contributed by atoms with van der Waals surface area (Å²) in [6, 6.07) is 4.05. The summed E-state index contributed by atoms with van der Waals surface area (Å²) >= 11 is 0. The van der Waals surface area contributed by atoms with Crippen molar-refractivity contribution in [1.82, 2.24) is 15.5 Å². The fraction of sp³-hybridized carbons (Fsp3) is 0.455. The molecule has 2 rings (SSSR count). The zero-order valence-corrected chi connectivity index (χ0v) is 9.43. The van der Waals surface area contributed by atoms with Crippen LogP contribution in [0.4, 0.5) is 0 Å². The zero-order chi connectivity index (χ0) is 11.4. The highest BCUT2D eigenvalue weighted by Gasteiger charge is 2.10. The van der Waals surface area contributed by atoms with E-state index < -0.39 is 0 Å². The highest BCUT2D eigenvalue weighted by Crippen LogP contribution is 2.17. The third-order valence-electron chi connectivity index (χ3n) is 2.09. The van der Waals surface area contributed by atoms with Crippen LogP contribution in [0.3, 0.4) is 0 Å². The minimum Gasteiger partial charge on any atom is -0.459 e. The van der Waals surface area contributed by atoms with Crippen molar-refractivity contribution in [2.24, 2.45) is 0 Å². The summed E-state index contributed by atoms with van der Waals surface area (Å²) in [5, 5.41) is 11.2. The molecule has 5 nitrogen and oxygen atoms in total. The zero-order valence-electron chi connectivity index (χ0n) is 9.43. The first-order valence-corrected chi connectivity index (χ1v) is 5.35. The molecule has 0 atom stereocenters. The predicted molar refractivity (Wildman–Crippen MR) is 58.8 cm³/mol. The molecule has 0 saturated carbocycles. The maximum absolute atomic E-state index is 5.45. The van der Waals surface area contributed by atoms with Crippen LogP contribution in [0.1, 0.15) is 19.7 Å². The molecule has 1 N–H and O–H groups in total. The van der Waals surface area contributed by atoms with E-state index in [2.05, 4.69) is 29.4 Å². The van der Waals surface area contributed by atoms with Crippen molar-refractivity contribution in [1.29, 1.82) is 0 Å². The molecule has 0 aliphatic rings. The van der Waals surface area contributed by atoms with Gasteiger partial charge in [0, 0.05) is 19.0 Å². The molecule has 16 heavy (non-hydrogen) atoms. The Labute approximate surface area is 93.9 Å². The number of hydrogen-bond acceptors (Lipinski definition) is 5. The van der Waals surface area contributed by atoms with Crippen LogP contribution in [0.15, 0.2) is 27.2 Å². The van der Waals surface area contributed by atoms with Gasteiger partial charge in [-0.15, -0.1) is 10.2 Å². The quantitative estimate of drug-likeness (QED) is 0.835. The van der Waals surface area contributed by atoms with E-state index >= 15 is 0 Å². The van der Waals surface area contributed by atoms with Crippen molar-refractivity contribution in [3.8, 4) is 11.7 Å². The molecule has 0 spiro atoms. The van der Waals surface area contributed by atoms with E-state index in [-0.39, 0.29) is 0 Å². The maximum Gasteiger partial charge on any atom is 0.283 e. The Hall–Kier alpha value is -1.62. The monoisotopic (exact) mass is 221 g/mol. The van der Waals surface area contributed by atoms with Crippen LogP contribution >= 0.6 is 0 Å². The minimum atomic E-state index is 0.435. The van der Waals surface area contributed by atoms with Crippen molar-refractivity contribution >= 4 is 0 Å². The average molecular weight is 221 g/mol. The molecule has 0 amide bonds. The highest BCUT2D eigenvalue weighted by atomic mass is 16.4. The lowest BCUT2D eigenvalue weighted by Crippen LogP contribution is -2.25. The fourth-order valence-electron chi connectivity index (χ4n) is 1.32. The van der Waals surface area contributed by atoms with Gasteiger partial charge in [0.1, 0.15) is 0 Å². The lowest BCUT2D eigenvalue weighted by molar-refractivity contribution is 0.467. The normalized spacial score (nSPS) is 11.2. The van der Waals surface area contributed by atoms with Crippen LogP contribution in [0.25, 0.3) is 11.7 Å². The molecule has 0 aliphatic carbocycles. The van der Waals surface area contributed by atoms with Crippen LogP contribution in [-0.2, 0) is 6.42 Å². The SMILES string of the molecule is CC(C)NCCc1nnc(-c2ccco2)o1. The second-order valence-electron chi connectivity index (χ2n) is 3.84. The van der Waals surface area contributed by atoms with Gasteiger partial charge in [0.15, 0.2) is 5.76 Å². The molecule has 0 radical (unpaired) electrons. The molecule has 0 fully saturated rings. The third-order valence-corrected chi connectivity index (χ3v) is 2.09. The van der Waals surface area contributed by atoms with Gasteiger partial charge in [0.2, 0.25) is 5.89 Å². The van der Waals surface area contributed by atoms with E-state index in [4.69, 9.17) is 8.83 Å². The summed E-state index contributed by atoms with van der Waals surface area (Å²) in [7, 11) is 0. The number of nitrogens with zero attached hydrogens (tertiary/aromatic N) is 2. The van der Waals surface area contributed by atoms with Gasteiger partial charge in [-0.05, 0) is 12.1 Å². The third kappa shape index (κ3) is 2.70. The molecule has 0 unspecified atom stereocenters. The van der Waals surface area contributed by atoms with Crippen molar-refractivity contribution in [2.75, 3.05) is 6.54 Å². The van der Waals surface area contributed by atoms with E-state index in [0.29, 0.717) is 23.6 Å². The topological polar surface area (TPSA) is 64.1 Å². The number of rotatable bonds is 5. The summed E-state index contributed by atoms with van der Waals surface area (Å²) in [5.74, 6) is 1.67. The van der Waals surface area contributed by atoms with Gasteiger partial charge in [0.05, 0.1) is 6.26 Å². The Morgan fingerprint density at radius 1 is 1.38 bits per heavy atom. The summed E-state index contributed by atoms with van der Waals surface area (Å²) in [6.07, 6.45) is 2.31. The smallest absolute Gasteiger partial charge is 0.283 e. The number of nitrogens with one attached hydrogen (secondary N) is 1. The van der Waals surface area contributed by atoms with Gasteiger partial charge in [-0.2, -0.15) is 0 Å². The first kappa shape index (κ1) is 10.9. The molecule has 0 aromatic carbocycles. The van der Waals surface area contributed by atoms with Crippen LogP contribution in [-0.4, -0.2) is 22.8 Å². The van der Waals surface area contributed by atoms with Gasteiger partial charge in [-0.25, -0.2) is 0 Å². The second kappa shape index (κ2) is 4.94. The van der Waals surface area contributed by atoms with Crippen LogP contribution in [0, 0.1) is 0 Å². The van der Waals surface area contributed by atoms with E-state index in [1.807, 2.05) is 0 Å². The van der Waals surface area contributed by atoms with E-state index in [1.54, 1.807) is 18.4 Å². The van der Waals surface area contributed by atoms with Crippen LogP contribution in [0.2, 0.25) is 0 Å². The molecular formula is C11H15N3O2. The molecule has 2 aromatic heterocycles. The van der Waals surface area contributed by atoms with Gasteiger partial charge >= 0.3 is 0 Å². The number of aromatic nitrogens is 2. The highest BCUT2D eigenvalue weighted by molar-refractivity contribution is 5.42. The van der Waals surface area contributed by atoms with Gasteiger partial charge in [-0.3, -0.25) is 0 Å². The van der Waals surface area contributed by atoms with Crippen molar-refractivity contribution < 1.29 is 8.83 Å². The Balaban J connectivity index is 1.93. The predicted octanol–water partition coefficient (Wildman–Crippen LogP) is 1.87. The molecule has 0 bridgehead atoms. The standard InChI is InChI=1S/C11H15N3O2/c1-8(2)12-6-5-10-13-14-11(16-10)9-4-3-7-15-9/h3-4,7-8,12H,5-6H2,1-2H3. The maximum atomic E-state index is 5.45. The van der Waals surface area contributed by atoms with E-state index in [0.717, 1.165) is 13.0 Å². The minimum absolute atomic E-state index is 0.435. The largest absolute Gasteiger partial charge is 0.459 e. The number of hydrogen-bond donors (Lipinski definition) is 1. The number of furan rings is 1. The molecule has 5 heteroatoms. The molecule has 0 aliphatic heterocycles. The van der Waals surface area contributed by atoms with Crippen molar-refractivity contribution in [3.05, 3.63) is 24.3 Å². The van der Waals surface area contributed by atoms with Crippen LogP contribution in [0.5, 0.6) is 0 Å². The van der Waals surface area contributed by atoms with Gasteiger partial charge in [-0.1, -0.05) is 13.8 Å². The lowest BCUT2D eigenvalue weighted by Gasteiger charge is -2.04. The Morgan fingerprint density at radius 3 is 2.94 bits per heavy atom. The summed E-state index contributed by atoms with van der Waals surface area (Å²) in [6.45, 7) is 5.03. The molecule has 0 saturated heterocycles. The average Bonchev–Trinajstić information content (AvgIpc) is 2.85. The van der Waals surface area contributed by atoms with Crippen molar-refractivity contribution in [2.45, 2.75) is 26.3 Å². The second-order valence-corrected chi connectivity index (χ2v) is 3.84. The summed E-state index contributed by atoms with van der Waals surface area (Å²) in [5.41, 5.74) is 0. The lowest BCUT2D eigenvalue weighted by atomic mass is 10.3. The summed E-state index contributed by atoms with van der Waals surface area (Å²) in [4.78, 5) is 0. The first-order chi connectivity index (χ1) is 7.75. The fourth-order valence-corrected chi connectivity index (χ4v) is 1.32. The molecular weight excluding hydrogens is 206 g/mol. The van der Waals surface area contributed by atoms with Gasteiger partial charge in [0.25, 0.3) is 5.89 Å². The molecule has 2 heterocycles. The van der Waals surface area contributed by atoms with Gasteiger partial charge < -0.3 is 14.2 Å². The van der Waals surface area contributed by atoms with E-state index in [1.165, 1.54) is 0 Å². The Morgan fingerprint density at radius 2 is 2.25 bits per heavy atom. The van der Waals surface area contributed by atoms with E-state index in [9.17, 15) is 0 Å².